The van der Waals surface area contributed by atoms with Gasteiger partial charge in [-0.05, 0) is 44.5 Å². The van der Waals surface area contributed by atoms with E-state index in [4.69, 9.17) is 0 Å². The number of anilines is 2. The lowest BCUT2D eigenvalue weighted by molar-refractivity contribution is -0.128. The molecule has 2 aromatic carbocycles. The summed E-state index contributed by atoms with van der Waals surface area (Å²) < 4.78 is -1.19. The number of hydrogen-bond donors (Lipinski definition) is 1. The first-order valence-corrected chi connectivity index (χ1v) is 8.76. The standard InChI is InChI=1S/C19H20N2O2S/c1-4-21-15-11-7-8-12-16(15)24-19(3,18(21)23)17(22)20-14-10-6-5-9-13(14)2/h5-12H,4H2,1-3H3,(H,20,22). The average Bonchev–Trinajstić information content (AvgIpc) is 2.58. The van der Waals surface area contributed by atoms with Crippen molar-refractivity contribution in [3.05, 3.63) is 54.1 Å². The van der Waals surface area contributed by atoms with Gasteiger partial charge in [0.25, 0.3) is 5.91 Å². The molecule has 1 N–H and O–H groups in total. The molecule has 1 unspecified atom stereocenters. The highest BCUT2D eigenvalue weighted by Gasteiger charge is 2.48. The van der Waals surface area contributed by atoms with Gasteiger partial charge in [-0.25, -0.2) is 0 Å². The second-order valence-corrected chi connectivity index (χ2v) is 7.38. The summed E-state index contributed by atoms with van der Waals surface area (Å²) in [7, 11) is 0. The minimum absolute atomic E-state index is 0.181. The van der Waals surface area contributed by atoms with Crippen molar-refractivity contribution in [2.24, 2.45) is 0 Å². The Morgan fingerprint density at radius 2 is 1.83 bits per heavy atom. The molecular weight excluding hydrogens is 320 g/mol. The topological polar surface area (TPSA) is 49.4 Å². The molecule has 2 aromatic rings. The third-order valence-corrected chi connectivity index (χ3v) is 5.60. The number of nitrogens with one attached hydrogen (secondary N) is 1. The van der Waals surface area contributed by atoms with Crippen LogP contribution in [0.5, 0.6) is 0 Å². The highest BCUT2D eigenvalue weighted by Crippen LogP contribution is 2.45. The van der Waals surface area contributed by atoms with Crippen molar-refractivity contribution in [3.8, 4) is 0 Å². The monoisotopic (exact) mass is 340 g/mol. The first kappa shape index (κ1) is 16.6. The molecule has 0 aromatic heterocycles. The van der Waals surface area contributed by atoms with E-state index in [-0.39, 0.29) is 11.8 Å². The van der Waals surface area contributed by atoms with Crippen molar-refractivity contribution >= 4 is 35.0 Å². The van der Waals surface area contributed by atoms with E-state index in [2.05, 4.69) is 5.32 Å². The minimum Gasteiger partial charge on any atom is -0.324 e. The molecule has 0 fully saturated rings. The SMILES string of the molecule is CCN1C(=O)C(C)(C(=O)Nc2ccccc2C)Sc2ccccc21. The number of carbonyl (C=O) groups excluding carboxylic acids is 2. The van der Waals surface area contributed by atoms with Crippen molar-refractivity contribution in [3.63, 3.8) is 0 Å². The van der Waals surface area contributed by atoms with Crippen LogP contribution in [-0.4, -0.2) is 23.1 Å². The summed E-state index contributed by atoms with van der Waals surface area (Å²) in [5.74, 6) is -0.473. The maximum atomic E-state index is 13.0. The Morgan fingerprint density at radius 3 is 2.54 bits per heavy atom. The fourth-order valence-electron chi connectivity index (χ4n) is 2.81. The molecule has 0 saturated carbocycles. The van der Waals surface area contributed by atoms with Crippen LogP contribution in [0.1, 0.15) is 19.4 Å². The van der Waals surface area contributed by atoms with Crippen LogP contribution in [0.2, 0.25) is 0 Å². The number of amides is 2. The second kappa shape index (κ2) is 6.32. The van der Waals surface area contributed by atoms with E-state index < -0.39 is 4.75 Å². The number of aryl methyl sites for hydroxylation is 1. The van der Waals surface area contributed by atoms with Crippen LogP contribution >= 0.6 is 11.8 Å². The van der Waals surface area contributed by atoms with Gasteiger partial charge in [-0.2, -0.15) is 0 Å². The molecule has 1 heterocycles. The summed E-state index contributed by atoms with van der Waals surface area (Å²) >= 11 is 1.32. The Hall–Kier alpha value is -2.27. The molecule has 124 valence electrons. The van der Waals surface area contributed by atoms with E-state index in [1.807, 2.05) is 62.4 Å². The molecule has 4 nitrogen and oxygen atoms in total. The van der Waals surface area contributed by atoms with Gasteiger partial charge in [-0.3, -0.25) is 9.59 Å². The molecule has 0 spiro atoms. The lowest BCUT2D eigenvalue weighted by atomic mass is 10.1. The lowest BCUT2D eigenvalue weighted by Crippen LogP contribution is -2.54. The highest BCUT2D eigenvalue weighted by molar-refractivity contribution is 8.02. The Balaban J connectivity index is 1.96. The number of nitrogens with zero attached hydrogens (tertiary/aromatic N) is 1. The number of carbonyl (C=O) groups is 2. The summed E-state index contributed by atoms with van der Waals surface area (Å²) in [6, 6.07) is 15.3. The smallest absolute Gasteiger partial charge is 0.252 e. The van der Waals surface area contributed by atoms with Crippen LogP contribution in [0.4, 0.5) is 11.4 Å². The van der Waals surface area contributed by atoms with Gasteiger partial charge in [-0.1, -0.05) is 42.1 Å². The predicted octanol–water partition coefficient (Wildman–Crippen LogP) is 3.85. The van der Waals surface area contributed by atoms with Crippen molar-refractivity contribution < 1.29 is 9.59 Å². The Morgan fingerprint density at radius 1 is 1.17 bits per heavy atom. The number of benzene rings is 2. The van der Waals surface area contributed by atoms with E-state index in [0.29, 0.717) is 6.54 Å². The van der Waals surface area contributed by atoms with Crippen LogP contribution in [0.25, 0.3) is 0 Å². The zero-order valence-corrected chi connectivity index (χ0v) is 14.8. The molecule has 24 heavy (non-hydrogen) atoms. The number of rotatable bonds is 3. The fraction of sp³-hybridized carbons (Fsp3) is 0.263. The maximum Gasteiger partial charge on any atom is 0.252 e. The first-order valence-electron chi connectivity index (χ1n) is 7.94. The van der Waals surface area contributed by atoms with E-state index >= 15 is 0 Å². The third-order valence-electron chi connectivity index (χ3n) is 4.27. The van der Waals surface area contributed by atoms with Gasteiger partial charge in [0.05, 0.1) is 5.69 Å². The fourth-order valence-corrected chi connectivity index (χ4v) is 4.02. The van der Waals surface area contributed by atoms with Gasteiger partial charge in [0.1, 0.15) is 0 Å². The van der Waals surface area contributed by atoms with Gasteiger partial charge in [0, 0.05) is 17.1 Å². The molecule has 1 atom stereocenters. The van der Waals surface area contributed by atoms with Crippen LogP contribution in [0.15, 0.2) is 53.4 Å². The molecule has 0 saturated heterocycles. The number of hydrogen-bond acceptors (Lipinski definition) is 3. The molecule has 5 heteroatoms. The van der Waals surface area contributed by atoms with Crippen LogP contribution in [0, 0.1) is 6.92 Å². The summed E-state index contributed by atoms with van der Waals surface area (Å²) in [6.45, 7) is 6.08. The molecule has 0 aliphatic carbocycles. The van der Waals surface area contributed by atoms with Gasteiger partial charge < -0.3 is 10.2 Å². The second-order valence-electron chi connectivity index (χ2n) is 5.92. The zero-order valence-electron chi connectivity index (χ0n) is 14.0. The highest BCUT2D eigenvalue weighted by atomic mass is 32.2. The lowest BCUT2D eigenvalue weighted by Gasteiger charge is -2.38. The van der Waals surface area contributed by atoms with E-state index in [0.717, 1.165) is 21.8 Å². The molecule has 2 amide bonds. The van der Waals surface area contributed by atoms with Gasteiger partial charge >= 0.3 is 0 Å². The molecule has 0 radical (unpaired) electrons. The van der Waals surface area contributed by atoms with Gasteiger partial charge in [-0.15, -0.1) is 0 Å². The van der Waals surface area contributed by atoms with Crippen LogP contribution in [0.3, 0.4) is 0 Å². The van der Waals surface area contributed by atoms with Gasteiger partial charge in [0.2, 0.25) is 5.91 Å². The average molecular weight is 340 g/mol. The number of fused-ring (bicyclic) bond motifs is 1. The van der Waals surface area contributed by atoms with Crippen molar-refractivity contribution in [1.29, 1.82) is 0 Å². The maximum absolute atomic E-state index is 13.0. The third kappa shape index (κ3) is 2.69. The van der Waals surface area contributed by atoms with Crippen LogP contribution in [-0.2, 0) is 9.59 Å². The molecule has 0 bridgehead atoms. The van der Waals surface area contributed by atoms with Crippen molar-refractivity contribution in [2.75, 3.05) is 16.8 Å². The van der Waals surface area contributed by atoms with E-state index in [9.17, 15) is 9.59 Å². The predicted molar refractivity (Wildman–Crippen MR) is 98.5 cm³/mol. The quantitative estimate of drug-likeness (QED) is 0.864. The Kier molecular flexibility index (Phi) is 4.37. The first-order chi connectivity index (χ1) is 11.5. The molecular formula is C19H20N2O2S. The van der Waals surface area contributed by atoms with E-state index in [1.165, 1.54) is 11.8 Å². The molecule has 1 aliphatic rings. The van der Waals surface area contributed by atoms with Crippen molar-refractivity contribution in [1.82, 2.24) is 0 Å². The largest absolute Gasteiger partial charge is 0.324 e. The van der Waals surface area contributed by atoms with E-state index in [1.54, 1.807) is 11.8 Å². The summed E-state index contributed by atoms with van der Waals surface area (Å²) in [5, 5.41) is 2.92. The molecule has 1 aliphatic heterocycles. The Bertz CT molecular complexity index is 805. The number of thioether (sulfide) groups is 1. The van der Waals surface area contributed by atoms with Crippen molar-refractivity contribution in [2.45, 2.75) is 30.4 Å². The zero-order chi connectivity index (χ0) is 17.3. The number of para-hydroxylation sites is 2. The summed E-state index contributed by atoms with van der Waals surface area (Å²) in [4.78, 5) is 28.6. The van der Waals surface area contributed by atoms with Crippen LogP contribution < -0.4 is 10.2 Å². The summed E-state index contributed by atoms with van der Waals surface area (Å²) in [5.41, 5.74) is 2.57. The Labute approximate surface area is 146 Å². The normalized spacial score (nSPS) is 19.8. The minimum atomic E-state index is -1.19. The molecule has 3 rings (SSSR count). The van der Waals surface area contributed by atoms with Gasteiger partial charge in [0.15, 0.2) is 4.75 Å². The summed E-state index contributed by atoms with van der Waals surface area (Å²) in [6.07, 6.45) is 0.